The van der Waals surface area contributed by atoms with Crippen LogP contribution in [0.1, 0.15) is 10.4 Å². The van der Waals surface area contributed by atoms with Crippen molar-refractivity contribution in [1.29, 1.82) is 0 Å². The third-order valence-corrected chi connectivity index (χ3v) is 5.35. The van der Waals surface area contributed by atoms with E-state index in [0.717, 1.165) is 17.7 Å². The average Bonchev–Trinajstić information content (AvgIpc) is 2.27. The third-order valence-electron chi connectivity index (χ3n) is 2.05. The second-order valence-corrected chi connectivity index (χ2v) is 6.80. The van der Waals surface area contributed by atoms with Gasteiger partial charge in [0.2, 0.25) is 0 Å². The summed E-state index contributed by atoms with van der Waals surface area (Å²) in [6.07, 6.45) is 0. The summed E-state index contributed by atoms with van der Waals surface area (Å²) < 4.78 is 24.0. The van der Waals surface area contributed by atoms with Crippen molar-refractivity contribution in [2.75, 3.05) is 5.75 Å². The maximum absolute atomic E-state index is 12.0. The molecule has 0 aliphatic rings. The van der Waals surface area contributed by atoms with Crippen LogP contribution in [0.5, 0.6) is 0 Å². The van der Waals surface area contributed by atoms with E-state index in [1.54, 1.807) is 0 Å². The van der Waals surface area contributed by atoms with Crippen molar-refractivity contribution < 1.29 is 18.3 Å². The highest BCUT2D eigenvalue weighted by Gasteiger charge is 2.25. The van der Waals surface area contributed by atoms with Crippen LogP contribution in [0.25, 0.3) is 0 Å². The molecule has 1 rings (SSSR count). The molecule has 0 saturated carbocycles. The molecular formula is C10H6Cl4O4S. The first kappa shape index (κ1) is 16.6. The van der Waals surface area contributed by atoms with Crippen molar-refractivity contribution in [3.8, 4) is 0 Å². The number of carboxylic acids is 1. The minimum absolute atomic E-state index is 0.121. The Labute approximate surface area is 129 Å². The van der Waals surface area contributed by atoms with Gasteiger partial charge in [-0.1, -0.05) is 46.4 Å². The summed E-state index contributed by atoms with van der Waals surface area (Å²) >= 11 is 22.3. The lowest BCUT2D eigenvalue weighted by atomic mass is 10.2. The number of hydrogen-bond acceptors (Lipinski definition) is 3. The van der Waals surface area contributed by atoms with Gasteiger partial charge in [-0.3, -0.25) is 0 Å². The van der Waals surface area contributed by atoms with Crippen LogP contribution in [0, 0.1) is 0 Å². The average molecular weight is 364 g/mol. The van der Waals surface area contributed by atoms with E-state index in [1.165, 1.54) is 0 Å². The predicted octanol–water partition coefficient (Wildman–Crippen LogP) is 3.78. The van der Waals surface area contributed by atoms with Gasteiger partial charge in [0.15, 0.2) is 9.84 Å². The van der Waals surface area contributed by atoms with E-state index in [9.17, 15) is 13.2 Å². The van der Waals surface area contributed by atoms with Gasteiger partial charge in [0.05, 0.1) is 26.3 Å². The van der Waals surface area contributed by atoms with Crippen LogP contribution in [0.3, 0.4) is 0 Å². The van der Waals surface area contributed by atoms with E-state index in [2.05, 4.69) is 0 Å². The van der Waals surface area contributed by atoms with Gasteiger partial charge in [-0.15, -0.1) is 0 Å². The first-order chi connectivity index (χ1) is 8.70. The van der Waals surface area contributed by atoms with Crippen molar-refractivity contribution >= 4 is 62.2 Å². The molecule has 0 unspecified atom stereocenters. The van der Waals surface area contributed by atoms with Crippen LogP contribution in [0.2, 0.25) is 10.0 Å². The molecule has 1 aromatic rings. The zero-order chi connectivity index (χ0) is 14.8. The molecular weight excluding hydrogens is 358 g/mol. The highest BCUT2D eigenvalue weighted by Crippen LogP contribution is 2.32. The predicted molar refractivity (Wildman–Crippen MR) is 75.3 cm³/mol. The Morgan fingerprint density at radius 1 is 1.32 bits per heavy atom. The molecule has 0 fully saturated rings. The Balaban J connectivity index is 3.45. The number of halogens is 4. The molecule has 0 bridgehead atoms. The third kappa shape index (κ3) is 3.77. The van der Waals surface area contributed by atoms with Crippen molar-refractivity contribution in [2.45, 2.75) is 4.90 Å². The lowest BCUT2D eigenvalue weighted by Gasteiger charge is -2.09. The second kappa shape index (κ2) is 6.33. The molecule has 0 radical (unpaired) electrons. The Hall–Kier alpha value is -0.460. The van der Waals surface area contributed by atoms with Crippen molar-refractivity contribution in [1.82, 2.24) is 0 Å². The monoisotopic (exact) mass is 362 g/mol. The number of aromatic carboxylic acids is 1. The Morgan fingerprint density at radius 3 is 2.37 bits per heavy atom. The summed E-state index contributed by atoms with van der Waals surface area (Å²) in [6, 6.07) is 2.26. The van der Waals surface area contributed by atoms with E-state index < -0.39 is 32.1 Å². The summed E-state index contributed by atoms with van der Waals surface area (Å²) in [6.45, 7) is 0. The topological polar surface area (TPSA) is 71.4 Å². The van der Waals surface area contributed by atoms with Crippen LogP contribution in [0.15, 0.2) is 27.6 Å². The first-order valence-corrected chi connectivity index (χ1v) is 7.81. The van der Waals surface area contributed by atoms with Gasteiger partial charge in [-0.2, -0.15) is 0 Å². The number of carboxylic acid groups (broad SMARTS) is 1. The van der Waals surface area contributed by atoms with Gasteiger partial charge in [-0.25, -0.2) is 13.2 Å². The summed E-state index contributed by atoms with van der Waals surface area (Å²) in [5, 5.41) is 8.21. The Kier molecular flexibility index (Phi) is 5.53. The SMILES string of the molecule is O=C(O)c1c(Cl)ccc(S(=O)(=O)CC(Cl)=CCl)c1Cl. The Bertz CT molecular complexity index is 652. The molecule has 0 aliphatic heterocycles. The molecule has 1 N–H and O–H groups in total. The molecule has 19 heavy (non-hydrogen) atoms. The van der Waals surface area contributed by atoms with Crippen molar-refractivity contribution in [3.05, 3.63) is 38.3 Å². The minimum atomic E-state index is -3.91. The normalized spacial score (nSPS) is 12.5. The van der Waals surface area contributed by atoms with Crippen LogP contribution in [-0.4, -0.2) is 25.2 Å². The van der Waals surface area contributed by atoms with Gasteiger partial charge < -0.3 is 5.11 Å². The molecule has 0 aliphatic carbocycles. The maximum Gasteiger partial charge on any atom is 0.338 e. The lowest BCUT2D eigenvalue weighted by Crippen LogP contribution is -2.10. The zero-order valence-corrected chi connectivity index (χ0v) is 12.9. The van der Waals surface area contributed by atoms with Crippen LogP contribution in [0.4, 0.5) is 0 Å². The van der Waals surface area contributed by atoms with Crippen LogP contribution in [-0.2, 0) is 9.84 Å². The van der Waals surface area contributed by atoms with E-state index in [0.29, 0.717) is 0 Å². The van der Waals surface area contributed by atoms with Crippen molar-refractivity contribution in [3.63, 3.8) is 0 Å². The number of hydrogen-bond donors (Lipinski definition) is 1. The standard InChI is InChI=1S/C10H6Cl4O4S/c11-3-5(12)4-19(17,18)7-2-1-6(13)8(9(7)14)10(15)16/h1-3H,4H2,(H,15,16). The molecule has 0 aromatic heterocycles. The summed E-state index contributed by atoms with van der Waals surface area (Å²) in [5.41, 5.74) is 0.427. The first-order valence-electron chi connectivity index (χ1n) is 4.59. The number of carbonyl (C=O) groups is 1. The van der Waals surface area contributed by atoms with Gasteiger partial charge >= 0.3 is 5.97 Å². The Morgan fingerprint density at radius 2 is 1.89 bits per heavy atom. The molecule has 9 heteroatoms. The van der Waals surface area contributed by atoms with Crippen LogP contribution >= 0.6 is 46.4 Å². The zero-order valence-electron chi connectivity index (χ0n) is 9.03. The highest BCUT2D eigenvalue weighted by molar-refractivity contribution is 7.91. The summed E-state index contributed by atoms with van der Waals surface area (Å²) in [7, 11) is -3.91. The van der Waals surface area contributed by atoms with Crippen molar-refractivity contribution in [2.24, 2.45) is 0 Å². The largest absolute Gasteiger partial charge is 0.478 e. The maximum atomic E-state index is 12.0. The summed E-state index contributed by atoms with van der Waals surface area (Å²) in [4.78, 5) is 10.6. The molecule has 0 spiro atoms. The van der Waals surface area contributed by atoms with Gasteiger partial charge in [0, 0.05) is 10.6 Å². The fraction of sp³-hybridized carbons (Fsp3) is 0.100. The minimum Gasteiger partial charge on any atom is -0.478 e. The molecule has 0 heterocycles. The molecule has 0 atom stereocenters. The highest BCUT2D eigenvalue weighted by atomic mass is 35.5. The van der Waals surface area contributed by atoms with E-state index in [-0.39, 0.29) is 15.0 Å². The molecule has 4 nitrogen and oxygen atoms in total. The van der Waals surface area contributed by atoms with Gasteiger partial charge in [0.25, 0.3) is 0 Å². The fourth-order valence-corrected chi connectivity index (χ4v) is 4.00. The van der Waals surface area contributed by atoms with E-state index >= 15 is 0 Å². The van der Waals surface area contributed by atoms with Gasteiger partial charge in [-0.05, 0) is 12.1 Å². The van der Waals surface area contributed by atoms with E-state index in [1.807, 2.05) is 0 Å². The molecule has 0 amide bonds. The van der Waals surface area contributed by atoms with E-state index in [4.69, 9.17) is 51.5 Å². The fourth-order valence-electron chi connectivity index (χ4n) is 1.26. The smallest absolute Gasteiger partial charge is 0.338 e. The lowest BCUT2D eigenvalue weighted by molar-refractivity contribution is 0.0697. The van der Waals surface area contributed by atoms with Crippen LogP contribution < -0.4 is 0 Å². The molecule has 1 aromatic carbocycles. The number of benzene rings is 1. The quantitative estimate of drug-likeness (QED) is 0.883. The van der Waals surface area contributed by atoms with Gasteiger partial charge in [0.1, 0.15) is 0 Å². The molecule has 104 valence electrons. The summed E-state index contributed by atoms with van der Waals surface area (Å²) in [5.74, 6) is -2.01. The molecule has 0 saturated heterocycles. The number of rotatable bonds is 4. The number of sulfone groups is 1. The second-order valence-electron chi connectivity index (χ2n) is 3.35.